The van der Waals surface area contributed by atoms with Crippen molar-refractivity contribution >= 4 is 29.7 Å². The van der Waals surface area contributed by atoms with Crippen molar-refractivity contribution in [1.29, 1.82) is 5.41 Å². The minimum Gasteiger partial charge on any atom is -0.481 e. The van der Waals surface area contributed by atoms with Crippen molar-refractivity contribution in [2.75, 3.05) is 6.67 Å². The second-order valence-electron chi connectivity index (χ2n) is 7.81. The number of benzene rings is 1. The number of aliphatic carboxylic acids is 1. The molecule has 33 heavy (non-hydrogen) atoms. The van der Waals surface area contributed by atoms with Crippen molar-refractivity contribution in [2.45, 2.75) is 31.8 Å². The van der Waals surface area contributed by atoms with E-state index in [-0.39, 0.29) is 5.84 Å². The molecule has 2 aromatic rings. The number of carbonyl (C=O) groups excluding carboxylic acids is 3. The molecule has 1 fully saturated rings. The van der Waals surface area contributed by atoms with Crippen molar-refractivity contribution < 1.29 is 24.3 Å². The van der Waals surface area contributed by atoms with E-state index in [9.17, 15) is 24.3 Å². The summed E-state index contributed by atoms with van der Waals surface area (Å²) < 4.78 is 0. The molecule has 2 heterocycles. The van der Waals surface area contributed by atoms with E-state index in [1.165, 1.54) is 26.2 Å². The van der Waals surface area contributed by atoms with Crippen molar-refractivity contribution in [3.8, 4) is 0 Å². The minimum atomic E-state index is -1.41. The first-order valence-corrected chi connectivity index (χ1v) is 10.0. The number of hydrogen-bond donors (Lipinski definition) is 4. The van der Waals surface area contributed by atoms with Gasteiger partial charge < -0.3 is 21.1 Å². The lowest BCUT2D eigenvalue weighted by molar-refractivity contribution is -0.142. The zero-order valence-corrected chi connectivity index (χ0v) is 18.1. The van der Waals surface area contributed by atoms with E-state index in [0.717, 1.165) is 9.80 Å². The average Bonchev–Trinajstić information content (AvgIpc) is 2.99. The molecule has 1 saturated heterocycles. The van der Waals surface area contributed by atoms with Gasteiger partial charge in [0.2, 0.25) is 5.91 Å². The monoisotopic (exact) mass is 452 g/mol. The summed E-state index contributed by atoms with van der Waals surface area (Å²) in [6.45, 7) is 2.33. The van der Waals surface area contributed by atoms with E-state index in [1.54, 1.807) is 36.4 Å². The van der Waals surface area contributed by atoms with Gasteiger partial charge in [-0.05, 0) is 24.1 Å². The van der Waals surface area contributed by atoms with E-state index in [2.05, 4.69) is 10.3 Å². The number of pyridine rings is 1. The van der Waals surface area contributed by atoms with Crippen LogP contribution in [-0.4, -0.2) is 56.2 Å². The smallest absolute Gasteiger partial charge is 0.326 e. The van der Waals surface area contributed by atoms with E-state index >= 15 is 0 Å². The van der Waals surface area contributed by atoms with Gasteiger partial charge in [0.1, 0.15) is 18.0 Å². The average molecular weight is 452 g/mol. The Morgan fingerprint density at radius 3 is 2.45 bits per heavy atom. The molecule has 0 aliphatic carbocycles. The first kappa shape index (κ1) is 23.4. The maximum absolute atomic E-state index is 13.3. The van der Waals surface area contributed by atoms with Crippen LogP contribution >= 0.6 is 0 Å². The fraction of sp³-hybridized carbons (Fsp3) is 0.273. The normalized spacial score (nSPS) is 18.5. The molecule has 1 aromatic carbocycles. The molecule has 11 nitrogen and oxygen atoms in total. The fourth-order valence-electron chi connectivity index (χ4n) is 3.72. The van der Waals surface area contributed by atoms with Gasteiger partial charge in [-0.2, -0.15) is 0 Å². The number of amidine groups is 1. The van der Waals surface area contributed by atoms with Crippen molar-refractivity contribution in [3.05, 3.63) is 65.5 Å². The maximum atomic E-state index is 13.3. The number of rotatable bonds is 8. The van der Waals surface area contributed by atoms with Gasteiger partial charge in [-0.15, -0.1) is 0 Å². The molecular formula is C22H24N6O5. The van der Waals surface area contributed by atoms with Gasteiger partial charge >= 0.3 is 12.0 Å². The van der Waals surface area contributed by atoms with Gasteiger partial charge in [-0.1, -0.05) is 30.3 Å². The number of urea groups is 1. The number of nitrogens with zero attached hydrogens (tertiary/aromatic N) is 3. The lowest BCUT2D eigenvalue weighted by Gasteiger charge is -2.33. The number of nitrogens with one attached hydrogen (secondary N) is 2. The predicted octanol–water partition coefficient (Wildman–Crippen LogP) is 1.15. The standard InChI is InChI=1S/C22H24N6O5/c1-13(29)27(17(10-18(30)31)15-4-3-9-25-11-15)12-28-20(32)22(2,26-21(28)33)16-7-5-14(6-8-16)19(23)24/h3-9,11,17H,10,12H2,1-2H3,(H3,23,24)(H,26,33)(H,30,31). The van der Waals surface area contributed by atoms with Crippen LogP contribution in [0.25, 0.3) is 0 Å². The number of nitrogen functional groups attached to an aromatic ring is 1. The van der Waals surface area contributed by atoms with Gasteiger partial charge in [-0.3, -0.25) is 24.8 Å². The third-order valence-electron chi connectivity index (χ3n) is 5.56. The highest BCUT2D eigenvalue weighted by Crippen LogP contribution is 2.31. The van der Waals surface area contributed by atoms with Gasteiger partial charge in [-0.25, -0.2) is 9.69 Å². The van der Waals surface area contributed by atoms with Gasteiger partial charge in [0, 0.05) is 24.9 Å². The molecule has 11 heteroatoms. The Hall–Kier alpha value is -4.28. The number of hydrogen-bond acceptors (Lipinski definition) is 6. The van der Waals surface area contributed by atoms with E-state index in [0.29, 0.717) is 16.7 Å². The lowest BCUT2D eigenvalue weighted by atomic mass is 9.91. The number of nitrogens with two attached hydrogens (primary N) is 1. The molecule has 0 saturated carbocycles. The molecule has 0 radical (unpaired) electrons. The first-order chi connectivity index (χ1) is 15.5. The Morgan fingerprint density at radius 2 is 1.94 bits per heavy atom. The summed E-state index contributed by atoms with van der Waals surface area (Å²) in [4.78, 5) is 56.1. The summed E-state index contributed by atoms with van der Waals surface area (Å²) in [6.07, 6.45) is 2.52. The third kappa shape index (κ3) is 4.66. The Morgan fingerprint density at radius 1 is 1.27 bits per heavy atom. The summed E-state index contributed by atoms with van der Waals surface area (Å²) >= 11 is 0. The predicted molar refractivity (Wildman–Crippen MR) is 117 cm³/mol. The highest BCUT2D eigenvalue weighted by Gasteiger charge is 2.50. The summed E-state index contributed by atoms with van der Waals surface area (Å²) in [7, 11) is 0. The summed E-state index contributed by atoms with van der Waals surface area (Å²) in [5.41, 5.74) is 5.46. The number of imide groups is 1. The topological polar surface area (TPSA) is 170 Å². The highest BCUT2D eigenvalue weighted by atomic mass is 16.4. The van der Waals surface area contributed by atoms with Crippen LogP contribution in [0.5, 0.6) is 0 Å². The largest absolute Gasteiger partial charge is 0.481 e. The number of carbonyl (C=O) groups is 4. The van der Waals surface area contributed by atoms with Crippen LogP contribution in [0.4, 0.5) is 4.79 Å². The Kier molecular flexibility index (Phi) is 6.43. The number of amides is 4. The minimum absolute atomic E-state index is 0.132. The van der Waals surface area contributed by atoms with Crippen molar-refractivity contribution in [1.82, 2.24) is 20.1 Å². The summed E-state index contributed by atoms with van der Waals surface area (Å²) in [5, 5.41) is 19.5. The van der Waals surface area contributed by atoms with Crippen LogP contribution in [0, 0.1) is 5.41 Å². The van der Waals surface area contributed by atoms with E-state index in [1.807, 2.05) is 0 Å². The van der Waals surface area contributed by atoms with Crippen molar-refractivity contribution in [2.24, 2.45) is 5.73 Å². The molecule has 0 spiro atoms. The van der Waals surface area contributed by atoms with Gasteiger partial charge in [0.05, 0.1) is 12.5 Å². The second kappa shape index (κ2) is 9.07. The zero-order valence-electron chi connectivity index (χ0n) is 18.1. The van der Waals surface area contributed by atoms with Gasteiger partial charge in [0.25, 0.3) is 5.91 Å². The van der Waals surface area contributed by atoms with Crippen LogP contribution < -0.4 is 11.1 Å². The zero-order chi connectivity index (χ0) is 24.3. The fourth-order valence-corrected chi connectivity index (χ4v) is 3.72. The summed E-state index contributed by atoms with van der Waals surface area (Å²) in [6, 6.07) is 7.89. The second-order valence-corrected chi connectivity index (χ2v) is 7.81. The molecule has 1 aromatic heterocycles. The molecule has 2 atom stereocenters. The van der Waals surface area contributed by atoms with Crippen LogP contribution in [0.3, 0.4) is 0 Å². The number of carboxylic acids is 1. The van der Waals surface area contributed by atoms with Crippen LogP contribution in [-0.2, 0) is 19.9 Å². The number of aromatic nitrogens is 1. The molecule has 172 valence electrons. The maximum Gasteiger partial charge on any atom is 0.326 e. The molecule has 5 N–H and O–H groups in total. The van der Waals surface area contributed by atoms with Crippen LogP contribution in [0.15, 0.2) is 48.8 Å². The van der Waals surface area contributed by atoms with Crippen LogP contribution in [0.2, 0.25) is 0 Å². The van der Waals surface area contributed by atoms with Crippen LogP contribution in [0.1, 0.15) is 43.0 Å². The van der Waals surface area contributed by atoms with E-state index in [4.69, 9.17) is 11.1 Å². The SMILES string of the molecule is CC(=O)N(CN1C(=O)NC(C)(c2ccc(C(=N)N)cc2)C1=O)C(CC(=O)O)c1cccnc1. The molecule has 3 rings (SSSR count). The van der Waals surface area contributed by atoms with Gasteiger partial charge in [0.15, 0.2) is 0 Å². The Bertz CT molecular complexity index is 1100. The lowest BCUT2D eigenvalue weighted by Crippen LogP contribution is -2.47. The molecular weight excluding hydrogens is 428 g/mol. The van der Waals surface area contributed by atoms with E-state index < -0.39 is 48.5 Å². The molecule has 4 amide bonds. The first-order valence-electron chi connectivity index (χ1n) is 10.0. The number of carboxylic acid groups (broad SMARTS) is 1. The molecule has 1 aliphatic rings. The molecule has 1 aliphatic heterocycles. The molecule has 2 unspecified atom stereocenters. The quantitative estimate of drug-likeness (QED) is 0.264. The Balaban J connectivity index is 1.91. The molecule has 0 bridgehead atoms. The highest BCUT2D eigenvalue weighted by molar-refractivity contribution is 6.07. The van der Waals surface area contributed by atoms with Crippen molar-refractivity contribution in [3.63, 3.8) is 0 Å². The Labute approximate surface area is 189 Å². The third-order valence-corrected chi connectivity index (χ3v) is 5.56. The summed E-state index contributed by atoms with van der Waals surface area (Å²) in [5.74, 6) is -2.39.